The molecule has 28 heavy (non-hydrogen) atoms. The lowest BCUT2D eigenvalue weighted by Crippen LogP contribution is -2.52. The number of nitrogens with zero attached hydrogens (tertiary/aromatic N) is 5. The van der Waals surface area contributed by atoms with E-state index in [1.807, 2.05) is 6.07 Å². The molecule has 3 aromatic rings. The highest BCUT2D eigenvalue weighted by atomic mass is 32.2. The standard InChI is InChI=1S/C18H20N6O3S/c1-12-18(13(2)21-20-12)28(26,27)23-9-14(10-23)11-24-17(25)6-5-16(22-24)15-4-3-7-19-8-15/h3-8,14H,9-11H2,1-2H3,(H,20,21). The Balaban J connectivity index is 1.49. The monoisotopic (exact) mass is 400 g/mol. The van der Waals surface area contributed by atoms with Crippen molar-refractivity contribution in [3.05, 3.63) is 58.4 Å². The van der Waals surface area contributed by atoms with Crippen LogP contribution in [0, 0.1) is 19.8 Å². The van der Waals surface area contributed by atoms with Crippen LogP contribution in [0.1, 0.15) is 11.4 Å². The van der Waals surface area contributed by atoms with Crippen LogP contribution >= 0.6 is 0 Å². The summed E-state index contributed by atoms with van der Waals surface area (Å²) in [7, 11) is -3.58. The predicted octanol–water partition coefficient (Wildman–Crippen LogP) is 0.966. The number of pyridine rings is 1. The van der Waals surface area contributed by atoms with Crippen LogP contribution in [0.5, 0.6) is 0 Å². The summed E-state index contributed by atoms with van der Waals surface area (Å²) in [6.07, 6.45) is 3.36. The summed E-state index contributed by atoms with van der Waals surface area (Å²) >= 11 is 0. The number of nitrogens with one attached hydrogen (secondary N) is 1. The maximum absolute atomic E-state index is 12.8. The Labute approximate surface area is 162 Å². The van der Waals surface area contributed by atoms with Gasteiger partial charge in [0.2, 0.25) is 10.0 Å². The summed E-state index contributed by atoms with van der Waals surface area (Å²) in [5.74, 6) is 0.0247. The molecule has 9 nitrogen and oxygen atoms in total. The highest BCUT2D eigenvalue weighted by Gasteiger charge is 2.39. The number of hydrogen-bond acceptors (Lipinski definition) is 6. The molecule has 1 aliphatic heterocycles. The van der Waals surface area contributed by atoms with E-state index in [0.717, 1.165) is 5.56 Å². The molecular weight excluding hydrogens is 380 g/mol. The maximum atomic E-state index is 12.8. The van der Waals surface area contributed by atoms with Crippen molar-refractivity contribution in [3.63, 3.8) is 0 Å². The Hall–Kier alpha value is -2.85. The van der Waals surface area contributed by atoms with E-state index >= 15 is 0 Å². The molecule has 0 saturated carbocycles. The molecule has 146 valence electrons. The van der Waals surface area contributed by atoms with Gasteiger partial charge >= 0.3 is 0 Å². The summed E-state index contributed by atoms with van der Waals surface area (Å²) in [6, 6.07) is 6.82. The number of hydrogen-bond donors (Lipinski definition) is 1. The summed E-state index contributed by atoms with van der Waals surface area (Å²) in [5, 5.41) is 11.1. The molecule has 1 fully saturated rings. The lowest BCUT2D eigenvalue weighted by Gasteiger charge is -2.38. The van der Waals surface area contributed by atoms with Crippen molar-refractivity contribution in [1.29, 1.82) is 0 Å². The van der Waals surface area contributed by atoms with Crippen LogP contribution in [0.15, 0.2) is 46.3 Å². The minimum atomic E-state index is -3.58. The fourth-order valence-corrected chi connectivity index (χ4v) is 5.30. The van der Waals surface area contributed by atoms with Gasteiger partial charge in [-0.25, -0.2) is 13.1 Å². The zero-order valence-electron chi connectivity index (χ0n) is 15.5. The van der Waals surface area contributed by atoms with Gasteiger partial charge < -0.3 is 0 Å². The minimum Gasteiger partial charge on any atom is -0.281 e. The molecule has 0 amide bonds. The largest absolute Gasteiger partial charge is 0.281 e. The summed E-state index contributed by atoms with van der Waals surface area (Å²) in [5.41, 5.74) is 2.25. The average molecular weight is 400 g/mol. The molecule has 0 spiro atoms. The zero-order chi connectivity index (χ0) is 19.9. The van der Waals surface area contributed by atoms with Crippen molar-refractivity contribution in [2.75, 3.05) is 13.1 Å². The Morgan fingerprint density at radius 1 is 1.21 bits per heavy atom. The van der Waals surface area contributed by atoms with Crippen molar-refractivity contribution in [3.8, 4) is 11.3 Å². The molecule has 0 atom stereocenters. The molecule has 3 aromatic heterocycles. The number of rotatable bonds is 5. The molecule has 4 heterocycles. The first-order valence-corrected chi connectivity index (χ1v) is 10.3. The van der Waals surface area contributed by atoms with Crippen molar-refractivity contribution in [2.45, 2.75) is 25.3 Å². The number of aryl methyl sites for hydroxylation is 2. The second-order valence-corrected chi connectivity index (χ2v) is 8.81. The number of sulfonamides is 1. The second-order valence-electron chi connectivity index (χ2n) is 6.93. The fraction of sp³-hybridized carbons (Fsp3) is 0.333. The van der Waals surface area contributed by atoms with Crippen molar-refractivity contribution >= 4 is 10.0 Å². The lowest BCUT2D eigenvalue weighted by atomic mass is 10.0. The molecule has 0 bridgehead atoms. The molecule has 0 radical (unpaired) electrons. The van der Waals surface area contributed by atoms with Gasteiger partial charge in [0.1, 0.15) is 4.90 Å². The SMILES string of the molecule is Cc1n[nH]c(C)c1S(=O)(=O)N1CC(Cn2nc(-c3cccnc3)ccc2=O)C1. The fourth-order valence-electron chi connectivity index (χ4n) is 3.38. The number of aromatic amines is 1. The normalized spacial score (nSPS) is 15.5. The first-order valence-electron chi connectivity index (χ1n) is 8.86. The van der Waals surface area contributed by atoms with Gasteiger partial charge in [0.05, 0.1) is 23.6 Å². The first kappa shape index (κ1) is 18.5. The average Bonchev–Trinajstić information content (AvgIpc) is 2.99. The van der Waals surface area contributed by atoms with E-state index in [0.29, 0.717) is 36.7 Å². The van der Waals surface area contributed by atoms with Crippen LogP contribution in [0.25, 0.3) is 11.3 Å². The van der Waals surface area contributed by atoms with Gasteiger partial charge in [-0.1, -0.05) is 0 Å². The molecule has 1 aliphatic rings. The predicted molar refractivity (Wildman–Crippen MR) is 102 cm³/mol. The van der Waals surface area contributed by atoms with Gasteiger partial charge in [-0.05, 0) is 32.0 Å². The minimum absolute atomic E-state index is 0.0247. The first-order chi connectivity index (χ1) is 13.4. The van der Waals surface area contributed by atoms with Crippen LogP contribution in [-0.4, -0.2) is 50.8 Å². The third-order valence-electron chi connectivity index (χ3n) is 4.84. The van der Waals surface area contributed by atoms with E-state index in [9.17, 15) is 13.2 Å². The Morgan fingerprint density at radius 3 is 2.64 bits per heavy atom. The maximum Gasteiger partial charge on any atom is 0.266 e. The van der Waals surface area contributed by atoms with Gasteiger partial charge in [0.25, 0.3) is 5.56 Å². The van der Waals surface area contributed by atoms with Crippen LogP contribution < -0.4 is 5.56 Å². The smallest absolute Gasteiger partial charge is 0.266 e. The molecule has 0 aliphatic carbocycles. The summed E-state index contributed by atoms with van der Waals surface area (Å²) < 4.78 is 28.4. The molecule has 0 aromatic carbocycles. The highest BCUT2D eigenvalue weighted by molar-refractivity contribution is 7.89. The van der Waals surface area contributed by atoms with Gasteiger partial charge in [-0.3, -0.25) is 14.9 Å². The number of aromatic nitrogens is 5. The highest BCUT2D eigenvalue weighted by Crippen LogP contribution is 2.28. The van der Waals surface area contributed by atoms with Crippen molar-refractivity contribution in [1.82, 2.24) is 29.3 Å². The van der Waals surface area contributed by atoms with E-state index in [4.69, 9.17) is 0 Å². The Bertz CT molecular complexity index is 1140. The van der Waals surface area contributed by atoms with Crippen LogP contribution in [0.3, 0.4) is 0 Å². The van der Waals surface area contributed by atoms with E-state index in [1.54, 1.807) is 38.4 Å². The molecule has 1 saturated heterocycles. The van der Waals surface area contributed by atoms with E-state index < -0.39 is 10.0 Å². The number of H-pyrrole nitrogens is 1. The van der Waals surface area contributed by atoms with Gasteiger partial charge in [-0.2, -0.15) is 14.5 Å². The lowest BCUT2D eigenvalue weighted by molar-refractivity contribution is 0.172. The molecule has 4 rings (SSSR count). The van der Waals surface area contributed by atoms with Gasteiger partial charge in [0.15, 0.2) is 0 Å². The molecule has 10 heteroatoms. The third-order valence-corrected chi connectivity index (χ3v) is 6.93. The second kappa shape index (κ2) is 6.95. The molecule has 1 N–H and O–H groups in total. The van der Waals surface area contributed by atoms with Crippen LogP contribution in [0.4, 0.5) is 0 Å². The molecular formula is C18H20N6O3S. The van der Waals surface area contributed by atoms with Crippen LogP contribution in [-0.2, 0) is 16.6 Å². The summed E-state index contributed by atoms with van der Waals surface area (Å²) in [4.78, 5) is 16.5. The quantitative estimate of drug-likeness (QED) is 0.683. The van der Waals surface area contributed by atoms with Crippen molar-refractivity contribution in [2.24, 2.45) is 5.92 Å². The third kappa shape index (κ3) is 3.25. The van der Waals surface area contributed by atoms with Gasteiger partial charge in [-0.15, -0.1) is 0 Å². The molecule has 0 unspecified atom stereocenters. The Kier molecular flexibility index (Phi) is 4.60. The van der Waals surface area contributed by atoms with Crippen molar-refractivity contribution < 1.29 is 8.42 Å². The van der Waals surface area contributed by atoms with E-state index in [-0.39, 0.29) is 16.4 Å². The van der Waals surface area contributed by atoms with E-state index in [2.05, 4.69) is 20.3 Å². The van der Waals surface area contributed by atoms with Gasteiger partial charge in [0, 0.05) is 43.0 Å². The van der Waals surface area contributed by atoms with Crippen LogP contribution in [0.2, 0.25) is 0 Å². The Morgan fingerprint density at radius 2 is 2.00 bits per heavy atom. The zero-order valence-corrected chi connectivity index (χ0v) is 16.3. The van der Waals surface area contributed by atoms with E-state index in [1.165, 1.54) is 15.1 Å². The topological polar surface area (TPSA) is 114 Å². The summed E-state index contributed by atoms with van der Waals surface area (Å²) in [6.45, 7) is 4.41.